The summed E-state index contributed by atoms with van der Waals surface area (Å²) in [5.41, 5.74) is 6.14. The molecule has 8 nitrogen and oxygen atoms in total. The third-order valence-corrected chi connectivity index (χ3v) is 4.28. The van der Waals surface area contributed by atoms with Gasteiger partial charge in [-0.25, -0.2) is 13.2 Å². The molecule has 0 spiro atoms. The molecule has 0 saturated heterocycles. The van der Waals surface area contributed by atoms with Crippen LogP contribution in [0.1, 0.15) is 29.8 Å². The Labute approximate surface area is 164 Å². The molecular formula is C19H23N3O5S. The van der Waals surface area contributed by atoms with Crippen molar-refractivity contribution in [3.05, 3.63) is 59.7 Å². The van der Waals surface area contributed by atoms with Gasteiger partial charge in [0.1, 0.15) is 5.60 Å². The van der Waals surface area contributed by atoms with Crippen molar-refractivity contribution >= 4 is 33.4 Å². The molecule has 2 aromatic rings. The number of para-hydroxylation sites is 1. The van der Waals surface area contributed by atoms with Crippen molar-refractivity contribution in [1.29, 1.82) is 0 Å². The molecule has 0 aliphatic heterocycles. The first-order valence-corrected chi connectivity index (χ1v) is 10.3. The number of nitrogens with two attached hydrogens (primary N) is 1. The quantitative estimate of drug-likeness (QED) is 0.652. The van der Waals surface area contributed by atoms with E-state index in [1.54, 1.807) is 50.2 Å². The lowest BCUT2D eigenvalue weighted by atomic mass is 9.98. The second-order valence-electron chi connectivity index (χ2n) is 6.93. The Morgan fingerprint density at radius 2 is 1.68 bits per heavy atom. The van der Waals surface area contributed by atoms with Crippen LogP contribution in [0.15, 0.2) is 48.5 Å². The molecule has 28 heavy (non-hydrogen) atoms. The first kappa shape index (κ1) is 21.2. The number of sulfonamides is 1. The van der Waals surface area contributed by atoms with Crippen molar-refractivity contribution < 1.29 is 22.7 Å². The highest BCUT2D eigenvalue weighted by Crippen LogP contribution is 2.21. The summed E-state index contributed by atoms with van der Waals surface area (Å²) in [4.78, 5) is 23.5. The zero-order valence-corrected chi connectivity index (χ0v) is 16.7. The summed E-state index contributed by atoms with van der Waals surface area (Å²) in [6.07, 6.45) is 0.630. The third-order valence-electron chi connectivity index (χ3n) is 3.69. The summed E-state index contributed by atoms with van der Waals surface area (Å²) < 4.78 is 30.3. The van der Waals surface area contributed by atoms with Crippen LogP contribution in [0, 0.1) is 0 Å². The minimum Gasteiger partial charge on any atom is -0.443 e. The zero-order valence-electron chi connectivity index (χ0n) is 15.9. The van der Waals surface area contributed by atoms with E-state index in [0.717, 1.165) is 11.8 Å². The van der Waals surface area contributed by atoms with Gasteiger partial charge >= 0.3 is 6.09 Å². The molecule has 0 saturated carbocycles. The highest BCUT2D eigenvalue weighted by Gasteiger charge is 2.22. The molecule has 0 aliphatic rings. The van der Waals surface area contributed by atoms with E-state index in [1.165, 1.54) is 12.1 Å². The summed E-state index contributed by atoms with van der Waals surface area (Å²) in [6.45, 7) is 3.50. The van der Waals surface area contributed by atoms with Crippen molar-refractivity contribution in [3.63, 3.8) is 0 Å². The number of nitrogens with one attached hydrogen (secondary N) is 2. The van der Waals surface area contributed by atoms with Crippen molar-refractivity contribution in [2.24, 2.45) is 5.73 Å². The molecule has 9 heteroatoms. The fraction of sp³-hybridized carbons (Fsp3) is 0.263. The van der Waals surface area contributed by atoms with E-state index < -0.39 is 27.6 Å². The van der Waals surface area contributed by atoms with Gasteiger partial charge < -0.3 is 15.8 Å². The van der Waals surface area contributed by atoms with E-state index in [1.807, 2.05) is 0 Å². The van der Waals surface area contributed by atoms with Gasteiger partial charge in [-0.2, -0.15) is 0 Å². The van der Waals surface area contributed by atoms with E-state index in [0.29, 0.717) is 12.1 Å². The van der Waals surface area contributed by atoms with E-state index >= 15 is 0 Å². The monoisotopic (exact) mass is 405 g/mol. The van der Waals surface area contributed by atoms with Gasteiger partial charge in [0.15, 0.2) is 0 Å². The van der Waals surface area contributed by atoms with Crippen molar-refractivity contribution in [1.82, 2.24) is 0 Å². The number of amides is 2. The zero-order chi connectivity index (χ0) is 20.9. The van der Waals surface area contributed by atoms with Gasteiger partial charge in [0, 0.05) is 12.1 Å². The van der Waals surface area contributed by atoms with Crippen LogP contribution in [0.5, 0.6) is 0 Å². The maximum Gasteiger partial charge on any atom is 0.405 e. The van der Waals surface area contributed by atoms with Gasteiger partial charge in [0.25, 0.3) is 5.91 Å². The number of primary amides is 1. The SMILES string of the molecule is CC(C)(Cc1ccc(NC(=O)c2ccccc2NS(C)(=O)=O)cc1)OC(N)=O. The van der Waals surface area contributed by atoms with Crippen LogP contribution < -0.4 is 15.8 Å². The van der Waals surface area contributed by atoms with Crippen LogP contribution >= 0.6 is 0 Å². The fourth-order valence-corrected chi connectivity index (χ4v) is 3.25. The van der Waals surface area contributed by atoms with Crippen LogP contribution in [-0.2, 0) is 21.2 Å². The number of anilines is 2. The number of carbonyl (C=O) groups is 2. The molecule has 0 bridgehead atoms. The number of ether oxygens (including phenoxy) is 1. The number of rotatable bonds is 7. The minimum absolute atomic E-state index is 0.199. The lowest BCUT2D eigenvalue weighted by Gasteiger charge is -2.24. The highest BCUT2D eigenvalue weighted by atomic mass is 32.2. The molecule has 0 atom stereocenters. The minimum atomic E-state index is -3.51. The van der Waals surface area contributed by atoms with Gasteiger partial charge in [-0.1, -0.05) is 24.3 Å². The standard InChI is InChI=1S/C19H23N3O5S/c1-19(2,27-18(20)24)12-13-8-10-14(11-9-13)21-17(23)15-6-4-5-7-16(15)22-28(3,25)26/h4-11,22H,12H2,1-3H3,(H2,20,24)(H,21,23). The number of carbonyl (C=O) groups excluding carboxylic acids is 2. The summed E-state index contributed by atoms with van der Waals surface area (Å²) in [5.74, 6) is -0.447. The van der Waals surface area contributed by atoms with Crippen molar-refractivity contribution in [2.75, 3.05) is 16.3 Å². The van der Waals surface area contributed by atoms with Crippen molar-refractivity contribution in [3.8, 4) is 0 Å². The van der Waals surface area contributed by atoms with E-state index in [2.05, 4.69) is 10.0 Å². The molecule has 0 aliphatic carbocycles. The Balaban J connectivity index is 2.11. The molecule has 0 heterocycles. The Hall–Kier alpha value is -3.07. The molecule has 2 rings (SSSR count). The molecule has 2 amide bonds. The van der Waals surface area contributed by atoms with Gasteiger partial charge in [-0.3, -0.25) is 9.52 Å². The second-order valence-corrected chi connectivity index (χ2v) is 8.68. The number of hydrogen-bond acceptors (Lipinski definition) is 5. The molecule has 0 aromatic heterocycles. The summed E-state index contributed by atoms with van der Waals surface area (Å²) >= 11 is 0. The van der Waals surface area contributed by atoms with Crippen LogP contribution in [0.4, 0.5) is 16.2 Å². The summed E-state index contributed by atoms with van der Waals surface area (Å²) in [5, 5.41) is 2.73. The third kappa shape index (κ3) is 6.58. The normalized spacial score (nSPS) is 11.5. The molecule has 0 radical (unpaired) electrons. The molecule has 0 fully saturated rings. The van der Waals surface area contributed by atoms with E-state index in [4.69, 9.17) is 10.5 Å². The first-order chi connectivity index (χ1) is 13.0. The van der Waals surface area contributed by atoms with Crippen LogP contribution in [0.2, 0.25) is 0 Å². The lowest BCUT2D eigenvalue weighted by molar-refractivity contribution is 0.0460. The van der Waals surface area contributed by atoms with E-state index in [-0.39, 0.29) is 11.3 Å². The van der Waals surface area contributed by atoms with Gasteiger partial charge in [-0.15, -0.1) is 0 Å². The number of hydrogen-bond donors (Lipinski definition) is 3. The molecule has 150 valence electrons. The number of benzene rings is 2. The highest BCUT2D eigenvalue weighted by molar-refractivity contribution is 7.92. The summed E-state index contributed by atoms with van der Waals surface area (Å²) in [7, 11) is -3.51. The van der Waals surface area contributed by atoms with Gasteiger partial charge in [0.2, 0.25) is 10.0 Å². The molecule has 0 unspecified atom stereocenters. The Kier molecular flexibility index (Phi) is 6.30. The fourth-order valence-electron chi connectivity index (χ4n) is 2.67. The van der Waals surface area contributed by atoms with E-state index in [9.17, 15) is 18.0 Å². The first-order valence-electron chi connectivity index (χ1n) is 8.41. The Morgan fingerprint density at radius 3 is 2.25 bits per heavy atom. The van der Waals surface area contributed by atoms with Gasteiger partial charge in [-0.05, 0) is 43.7 Å². The maximum absolute atomic E-state index is 12.5. The van der Waals surface area contributed by atoms with Crippen LogP contribution in [0.3, 0.4) is 0 Å². The average molecular weight is 405 g/mol. The van der Waals surface area contributed by atoms with Gasteiger partial charge in [0.05, 0.1) is 17.5 Å². The molecular weight excluding hydrogens is 382 g/mol. The smallest absolute Gasteiger partial charge is 0.405 e. The maximum atomic E-state index is 12.5. The van der Waals surface area contributed by atoms with Crippen molar-refractivity contribution in [2.45, 2.75) is 25.9 Å². The second kappa shape index (κ2) is 8.30. The van der Waals surface area contributed by atoms with Crippen LogP contribution in [0.25, 0.3) is 0 Å². The Morgan fingerprint density at radius 1 is 1.07 bits per heavy atom. The van der Waals surface area contributed by atoms with Crippen LogP contribution in [-0.4, -0.2) is 32.3 Å². The topological polar surface area (TPSA) is 128 Å². The summed E-state index contributed by atoms with van der Waals surface area (Å²) in [6, 6.07) is 13.3. The lowest BCUT2D eigenvalue weighted by Crippen LogP contribution is -2.33. The Bertz CT molecular complexity index is 969. The molecule has 4 N–H and O–H groups in total. The predicted molar refractivity (Wildman–Crippen MR) is 108 cm³/mol. The predicted octanol–water partition coefficient (Wildman–Crippen LogP) is 2.73. The average Bonchev–Trinajstić information content (AvgIpc) is 2.54. The molecule has 2 aromatic carbocycles. The largest absolute Gasteiger partial charge is 0.443 e.